The molecule has 0 saturated carbocycles. The fourth-order valence-electron chi connectivity index (χ4n) is 1.41. The summed E-state index contributed by atoms with van der Waals surface area (Å²) in [4.78, 5) is 18.2. The molecular weight excluding hydrogens is 212 g/mol. The van der Waals surface area contributed by atoms with Crippen molar-refractivity contribution in [2.24, 2.45) is 5.41 Å². The average Bonchev–Trinajstić information content (AvgIpc) is 2.26. The highest BCUT2D eigenvalue weighted by Crippen LogP contribution is 2.14. The van der Waals surface area contributed by atoms with Gasteiger partial charge in [0.1, 0.15) is 0 Å². The number of carbonyl (C=O) groups excluding carboxylic acids is 1. The molecular formula is C14H22N2O. The number of aromatic nitrogens is 1. The van der Waals surface area contributed by atoms with Gasteiger partial charge in [-0.2, -0.15) is 0 Å². The van der Waals surface area contributed by atoms with Crippen LogP contribution in [0.2, 0.25) is 0 Å². The minimum atomic E-state index is -0.251. The molecule has 0 aliphatic carbocycles. The SMILES string of the molecule is CN(CCc1ccccn1)CC(=O)C(C)(C)C. The lowest BCUT2D eigenvalue weighted by atomic mass is 9.90. The Hall–Kier alpha value is -1.22. The smallest absolute Gasteiger partial charge is 0.152 e. The number of hydrogen-bond donors (Lipinski definition) is 0. The number of pyridine rings is 1. The molecule has 0 aromatic carbocycles. The molecule has 0 saturated heterocycles. The van der Waals surface area contributed by atoms with Gasteiger partial charge in [-0.1, -0.05) is 26.8 Å². The lowest BCUT2D eigenvalue weighted by Crippen LogP contribution is -2.34. The van der Waals surface area contributed by atoms with Gasteiger partial charge in [0.05, 0.1) is 6.54 Å². The number of carbonyl (C=O) groups is 1. The molecule has 0 aliphatic heterocycles. The van der Waals surface area contributed by atoms with Gasteiger partial charge in [0.25, 0.3) is 0 Å². The van der Waals surface area contributed by atoms with E-state index in [0.717, 1.165) is 18.7 Å². The first-order chi connectivity index (χ1) is 7.89. The molecule has 1 aromatic rings. The Morgan fingerprint density at radius 2 is 2.06 bits per heavy atom. The highest BCUT2D eigenvalue weighted by molar-refractivity contribution is 5.85. The zero-order valence-corrected chi connectivity index (χ0v) is 11.2. The summed E-state index contributed by atoms with van der Waals surface area (Å²) < 4.78 is 0. The van der Waals surface area contributed by atoms with E-state index in [0.29, 0.717) is 6.54 Å². The Morgan fingerprint density at radius 1 is 1.35 bits per heavy atom. The molecule has 0 N–H and O–H groups in total. The molecule has 0 radical (unpaired) electrons. The summed E-state index contributed by atoms with van der Waals surface area (Å²) in [6.07, 6.45) is 2.68. The summed E-state index contributed by atoms with van der Waals surface area (Å²) in [6.45, 7) is 7.25. The fraction of sp³-hybridized carbons (Fsp3) is 0.571. The van der Waals surface area contributed by atoms with Crippen molar-refractivity contribution in [3.05, 3.63) is 30.1 Å². The molecule has 0 fully saturated rings. The highest BCUT2D eigenvalue weighted by Gasteiger charge is 2.21. The molecule has 17 heavy (non-hydrogen) atoms. The molecule has 0 bridgehead atoms. The third-order valence-corrected chi connectivity index (χ3v) is 2.73. The number of nitrogens with zero attached hydrogens (tertiary/aromatic N) is 2. The normalized spacial score (nSPS) is 11.8. The zero-order chi connectivity index (χ0) is 12.9. The Bertz CT molecular complexity index is 354. The van der Waals surface area contributed by atoms with Gasteiger partial charge in [-0.15, -0.1) is 0 Å². The van der Waals surface area contributed by atoms with Crippen LogP contribution < -0.4 is 0 Å². The summed E-state index contributed by atoms with van der Waals surface area (Å²) in [7, 11) is 1.98. The Morgan fingerprint density at radius 3 is 2.59 bits per heavy atom. The average molecular weight is 234 g/mol. The van der Waals surface area contributed by atoms with Gasteiger partial charge in [0.15, 0.2) is 5.78 Å². The van der Waals surface area contributed by atoms with Crippen LogP contribution in [0, 0.1) is 5.41 Å². The lowest BCUT2D eigenvalue weighted by molar-refractivity contribution is -0.127. The minimum absolute atomic E-state index is 0.251. The van der Waals surface area contributed by atoms with Gasteiger partial charge in [-0.3, -0.25) is 14.7 Å². The minimum Gasteiger partial charge on any atom is -0.299 e. The molecule has 94 valence electrons. The van der Waals surface area contributed by atoms with Crippen LogP contribution >= 0.6 is 0 Å². The standard InChI is InChI=1S/C14H22N2O/c1-14(2,3)13(17)11-16(4)10-8-12-7-5-6-9-15-12/h5-7,9H,8,10-11H2,1-4H3. The quantitative estimate of drug-likeness (QED) is 0.783. The summed E-state index contributed by atoms with van der Waals surface area (Å²) >= 11 is 0. The Kier molecular flexibility index (Phi) is 4.82. The maximum Gasteiger partial charge on any atom is 0.152 e. The molecule has 0 unspecified atom stereocenters. The first kappa shape index (κ1) is 13.8. The van der Waals surface area contributed by atoms with Crippen LogP contribution in [0.3, 0.4) is 0 Å². The second-order valence-electron chi connectivity index (χ2n) is 5.48. The topological polar surface area (TPSA) is 33.2 Å². The third-order valence-electron chi connectivity index (χ3n) is 2.73. The summed E-state index contributed by atoms with van der Waals surface area (Å²) in [5.41, 5.74) is 0.821. The molecule has 3 nitrogen and oxygen atoms in total. The van der Waals surface area contributed by atoms with Crippen LogP contribution in [0.4, 0.5) is 0 Å². The van der Waals surface area contributed by atoms with Crippen molar-refractivity contribution in [3.8, 4) is 0 Å². The number of rotatable bonds is 5. The Labute approximate surface area is 104 Å². The van der Waals surface area contributed by atoms with Crippen molar-refractivity contribution in [1.29, 1.82) is 0 Å². The van der Waals surface area contributed by atoms with E-state index in [2.05, 4.69) is 9.88 Å². The fourth-order valence-corrected chi connectivity index (χ4v) is 1.41. The van der Waals surface area contributed by atoms with E-state index in [1.807, 2.05) is 46.0 Å². The molecule has 0 amide bonds. The second kappa shape index (κ2) is 5.92. The van der Waals surface area contributed by atoms with Crippen LogP contribution in [-0.2, 0) is 11.2 Å². The summed E-state index contributed by atoms with van der Waals surface area (Å²) in [5.74, 6) is 0.279. The largest absolute Gasteiger partial charge is 0.299 e. The van der Waals surface area contributed by atoms with E-state index < -0.39 is 0 Å². The van der Waals surface area contributed by atoms with Crippen LogP contribution in [0.1, 0.15) is 26.5 Å². The monoisotopic (exact) mass is 234 g/mol. The maximum atomic E-state index is 11.8. The van der Waals surface area contributed by atoms with Crippen LogP contribution in [0.5, 0.6) is 0 Å². The van der Waals surface area contributed by atoms with Crippen LogP contribution in [-0.4, -0.2) is 35.8 Å². The van der Waals surface area contributed by atoms with Crippen molar-refractivity contribution in [2.75, 3.05) is 20.1 Å². The number of ketones is 1. The number of Topliss-reactive ketones (excluding diaryl/α,β-unsaturated/α-hetero) is 1. The third kappa shape index (κ3) is 5.09. The second-order valence-corrected chi connectivity index (χ2v) is 5.48. The first-order valence-corrected chi connectivity index (χ1v) is 6.01. The van der Waals surface area contributed by atoms with E-state index in [-0.39, 0.29) is 11.2 Å². The van der Waals surface area contributed by atoms with Crippen LogP contribution in [0.15, 0.2) is 24.4 Å². The molecule has 0 spiro atoms. The van der Waals surface area contributed by atoms with Gasteiger partial charge < -0.3 is 0 Å². The van der Waals surface area contributed by atoms with Gasteiger partial charge in [0, 0.05) is 30.3 Å². The molecule has 1 rings (SSSR count). The molecule has 3 heteroatoms. The summed E-state index contributed by atoms with van der Waals surface area (Å²) in [5, 5.41) is 0. The maximum absolute atomic E-state index is 11.8. The van der Waals surface area contributed by atoms with Crippen molar-refractivity contribution >= 4 is 5.78 Å². The van der Waals surface area contributed by atoms with Crippen molar-refractivity contribution in [1.82, 2.24) is 9.88 Å². The predicted molar refractivity (Wildman–Crippen MR) is 69.9 cm³/mol. The first-order valence-electron chi connectivity index (χ1n) is 6.01. The van der Waals surface area contributed by atoms with E-state index in [1.54, 1.807) is 6.20 Å². The van der Waals surface area contributed by atoms with E-state index in [4.69, 9.17) is 0 Å². The lowest BCUT2D eigenvalue weighted by Gasteiger charge is -2.22. The van der Waals surface area contributed by atoms with Crippen LogP contribution in [0.25, 0.3) is 0 Å². The van der Waals surface area contributed by atoms with Gasteiger partial charge in [0.2, 0.25) is 0 Å². The van der Waals surface area contributed by atoms with E-state index >= 15 is 0 Å². The van der Waals surface area contributed by atoms with E-state index in [9.17, 15) is 4.79 Å². The zero-order valence-electron chi connectivity index (χ0n) is 11.2. The van der Waals surface area contributed by atoms with Gasteiger partial charge >= 0.3 is 0 Å². The summed E-state index contributed by atoms with van der Waals surface area (Å²) in [6, 6.07) is 5.92. The molecule has 1 heterocycles. The van der Waals surface area contributed by atoms with Crippen molar-refractivity contribution < 1.29 is 4.79 Å². The van der Waals surface area contributed by atoms with Gasteiger partial charge in [-0.25, -0.2) is 0 Å². The Balaban J connectivity index is 2.36. The molecule has 0 aliphatic rings. The van der Waals surface area contributed by atoms with Gasteiger partial charge in [-0.05, 0) is 19.2 Å². The van der Waals surface area contributed by atoms with Crippen molar-refractivity contribution in [2.45, 2.75) is 27.2 Å². The predicted octanol–water partition coefficient (Wildman–Crippen LogP) is 2.17. The number of hydrogen-bond acceptors (Lipinski definition) is 3. The highest BCUT2D eigenvalue weighted by atomic mass is 16.1. The van der Waals surface area contributed by atoms with E-state index in [1.165, 1.54) is 0 Å². The van der Waals surface area contributed by atoms with Crippen molar-refractivity contribution in [3.63, 3.8) is 0 Å². The number of likely N-dealkylation sites (N-methyl/N-ethyl adjacent to an activating group) is 1. The molecule has 0 atom stereocenters. The molecule has 1 aromatic heterocycles.